The number of methoxy groups -OCH3 is 1. The number of carbonyl (C=O) groups is 3. The van der Waals surface area contributed by atoms with Crippen LogP contribution in [0, 0.1) is 13.8 Å². The SMILES string of the molecule is COc1ccc(/C=C(/NC(=O)c2ccccc2)C(=O)Nc2cccc(SCC(=O)Nc3nc(-c4ccc(C)cc4)c(C)s3)c2)cc1. The molecule has 5 aromatic rings. The summed E-state index contributed by atoms with van der Waals surface area (Å²) in [6.45, 7) is 4.03. The first-order valence-corrected chi connectivity index (χ1v) is 16.2. The maximum atomic E-state index is 13.4. The minimum atomic E-state index is -0.497. The average Bonchev–Trinajstić information content (AvgIpc) is 3.43. The van der Waals surface area contributed by atoms with Gasteiger partial charge in [-0.2, -0.15) is 0 Å². The summed E-state index contributed by atoms with van der Waals surface area (Å²) in [5, 5.41) is 9.06. The molecule has 4 aromatic carbocycles. The number of thioether (sulfide) groups is 1. The molecule has 1 aromatic heterocycles. The fourth-order valence-corrected chi connectivity index (χ4v) is 6.01. The van der Waals surface area contributed by atoms with Crippen LogP contribution in [0.25, 0.3) is 17.3 Å². The Kier molecular flexibility index (Phi) is 10.6. The summed E-state index contributed by atoms with van der Waals surface area (Å²) in [6, 6.07) is 31.1. The zero-order valence-corrected chi connectivity index (χ0v) is 27.1. The lowest BCUT2D eigenvalue weighted by Crippen LogP contribution is -2.30. The van der Waals surface area contributed by atoms with Crippen molar-refractivity contribution in [1.29, 1.82) is 0 Å². The third kappa shape index (κ3) is 8.71. The van der Waals surface area contributed by atoms with Crippen molar-refractivity contribution in [3.8, 4) is 17.0 Å². The van der Waals surface area contributed by atoms with Gasteiger partial charge in [0.1, 0.15) is 11.4 Å². The molecular weight excluding hydrogens is 617 g/mol. The molecule has 232 valence electrons. The number of benzene rings is 4. The molecule has 0 saturated carbocycles. The van der Waals surface area contributed by atoms with Gasteiger partial charge < -0.3 is 20.7 Å². The van der Waals surface area contributed by atoms with Crippen LogP contribution in [-0.4, -0.2) is 35.6 Å². The van der Waals surface area contributed by atoms with E-state index >= 15 is 0 Å². The highest BCUT2D eigenvalue weighted by molar-refractivity contribution is 8.00. The summed E-state index contributed by atoms with van der Waals surface area (Å²) >= 11 is 2.78. The molecule has 0 radical (unpaired) electrons. The monoisotopic (exact) mass is 648 g/mol. The lowest BCUT2D eigenvalue weighted by Gasteiger charge is -2.12. The molecule has 3 amide bonds. The molecular formula is C36H32N4O4S2. The maximum Gasteiger partial charge on any atom is 0.272 e. The molecule has 8 nitrogen and oxygen atoms in total. The van der Waals surface area contributed by atoms with Crippen molar-refractivity contribution in [2.75, 3.05) is 23.5 Å². The Balaban J connectivity index is 1.23. The van der Waals surface area contributed by atoms with E-state index in [9.17, 15) is 14.4 Å². The summed E-state index contributed by atoms with van der Waals surface area (Å²) in [4.78, 5) is 45.6. The van der Waals surface area contributed by atoms with Gasteiger partial charge in [0.05, 0.1) is 18.6 Å². The molecule has 0 saturated heterocycles. The topological polar surface area (TPSA) is 109 Å². The summed E-state index contributed by atoms with van der Waals surface area (Å²) in [7, 11) is 1.58. The molecule has 0 unspecified atom stereocenters. The number of aryl methyl sites for hydroxylation is 2. The molecule has 0 spiro atoms. The van der Waals surface area contributed by atoms with Crippen molar-refractivity contribution >= 4 is 57.7 Å². The van der Waals surface area contributed by atoms with Gasteiger partial charge in [0.15, 0.2) is 5.13 Å². The molecule has 1 heterocycles. The zero-order valence-electron chi connectivity index (χ0n) is 25.5. The number of amides is 3. The van der Waals surface area contributed by atoms with E-state index in [0.29, 0.717) is 27.7 Å². The molecule has 0 aliphatic carbocycles. The first-order valence-electron chi connectivity index (χ1n) is 14.4. The first-order chi connectivity index (χ1) is 22.3. The Hall–Kier alpha value is -5.19. The highest BCUT2D eigenvalue weighted by Gasteiger charge is 2.16. The van der Waals surface area contributed by atoms with Gasteiger partial charge >= 0.3 is 0 Å². The largest absolute Gasteiger partial charge is 0.497 e. The van der Waals surface area contributed by atoms with E-state index < -0.39 is 11.8 Å². The molecule has 0 bridgehead atoms. The molecule has 0 fully saturated rings. The molecule has 5 rings (SSSR count). The molecule has 0 aliphatic rings. The first kappa shape index (κ1) is 32.2. The van der Waals surface area contributed by atoms with Gasteiger partial charge in [-0.05, 0) is 68.0 Å². The minimum absolute atomic E-state index is 0.0696. The second-order valence-corrected chi connectivity index (χ2v) is 12.5. The van der Waals surface area contributed by atoms with Gasteiger partial charge in [-0.25, -0.2) is 4.98 Å². The minimum Gasteiger partial charge on any atom is -0.497 e. The number of thiazole rings is 1. The van der Waals surface area contributed by atoms with Crippen molar-refractivity contribution in [1.82, 2.24) is 10.3 Å². The van der Waals surface area contributed by atoms with Crippen LogP contribution in [0.4, 0.5) is 10.8 Å². The van der Waals surface area contributed by atoms with E-state index in [-0.39, 0.29) is 17.4 Å². The Morgan fingerprint density at radius 1 is 0.870 bits per heavy atom. The molecule has 0 atom stereocenters. The Labute approximate surface area is 275 Å². The van der Waals surface area contributed by atoms with E-state index in [1.807, 2.05) is 50.2 Å². The van der Waals surface area contributed by atoms with Gasteiger partial charge in [0, 0.05) is 26.6 Å². The number of hydrogen-bond acceptors (Lipinski definition) is 7. The number of nitrogens with zero attached hydrogens (tertiary/aromatic N) is 1. The highest BCUT2D eigenvalue weighted by atomic mass is 32.2. The summed E-state index contributed by atoms with van der Waals surface area (Å²) in [5.74, 6) is -0.257. The van der Waals surface area contributed by atoms with Crippen LogP contribution in [0.2, 0.25) is 0 Å². The molecule has 0 aliphatic heterocycles. The van der Waals surface area contributed by atoms with Crippen molar-refractivity contribution in [3.63, 3.8) is 0 Å². The highest BCUT2D eigenvalue weighted by Crippen LogP contribution is 2.31. The predicted octanol–water partition coefficient (Wildman–Crippen LogP) is 7.58. The van der Waals surface area contributed by atoms with Crippen molar-refractivity contribution in [2.45, 2.75) is 18.7 Å². The molecule has 46 heavy (non-hydrogen) atoms. The number of nitrogens with one attached hydrogen (secondary N) is 3. The quantitative estimate of drug-likeness (QED) is 0.101. The van der Waals surface area contributed by atoms with Gasteiger partial charge in [-0.15, -0.1) is 23.1 Å². The normalized spacial score (nSPS) is 11.1. The smallest absolute Gasteiger partial charge is 0.272 e. The van der Waals surface area contributed by atoms with Gasteiger partial charge in [-0.3, -0.25) is 14.4 Å². The number of anilines is 2. The van der Waals surface area contributed by atoms with Crippen molar-refractivity contribution in [2.24, 2.45) is 0 Å². The van der Waals surface area contributed by atoms with Crippen molar-refractivity contribution < 1.29 is 19.1 Å². The number of ether oxygens (including phenoxy) is 1. The van der Waals surface area contributed by atoms with E-state index in [4.69, 9.17) is 4.74 Å². The van der Waals surface area contributed by atoms with E-state index in [1.165, 1.54) is 28.7 Å². The van der Waals surface area contributed by atoms with Crippen LogP contribution >= 0.6 is 23.1 Å². The number of rotatable bonds is 11. The average molecular weight is 649 g/mol. The van der Waals surface area contributed by atoms with Crippen LogP contribution in [0.5, 0.6) is 5.75 Å². The molecule has 3 N–H and O–H groups in total. The van der Waals surface area contributed by atoms with Crippen LogP contribution in [0.3, 0.4) is 0 Å². The third-order valence-corrected chi connectivity index (χ3v) is 8.67. The number of carbonyl (C=O) groups excluding carboxylic acids is 3. The maximum absolute atomic E-state index is 13.4. The Morgan fingerprint density at radius 3 is 2.33 bits per heavy atom. The van der Waals surface area contributed by atoms with Gasteiger partial charge in [0.25, 0.3) is 11.8 Å². The number of aromatic nitrogens is 1. The Bertz CT molecular complexity index is 1870. The fourth-order valence-electron chi connectivity index (χ4n) is 4.40. The van der Waals surface area contributed by atoms with Gasteiger partial charge in [0.2, 0.25) is 5.91 Å². The lowest BCUT2D eigenvalue weighted by molar-refractivity contribution is -0.114. The van der Waals surface area contributed by atoms with Crippen LogP contribution < -0.4 is 20.7 Å². The van der Waals surface area contributed by atoms with E-state index in [0.717, 1.165) is 21.0 Å². The van der Waals surface area contributed by atoms with Gasteiger partial charge in [-0.1, -0.05) is 66.2 Å². The Morgan fingerprint density at radius 2 is 1.61 bits per heavy atom. The molecule has 10 heteroatoms. The zero-order chi connectivity index (χ0) is 32.5. The summed E-state index contributed by atoms with van der Waals surface area (Å²) in [5.41, 5.74) is 4.75. The third-order valence-electron chi connectivity index (χ3n) is 6.79. The van der Waals surface area contributed by atoms with Crippen LogP contribution in [-0.2, 0) is 9.59 Å². The van der Waals surface area contributed by atoms with E-state index in [1.54, 1.807) is 79.9 Å². The lowest BCUT2D eigenvalue weighted by atomic mass is 10.1. The summed E-state index contributed by atoms with van der Waals surface area (Å²) < 4.78 is 5.22. The fraction of sp³-hybridized carbons (Fsp3) is 0.111. The van der Waals surface area contributed by atoms with Crippen molar-refractivity contribution in [3.05, 3.63) is 130 Å². The van der Waals surface area contributed by atoms with Crippen LogP contribution in [0.15, 0.2) is 114 Å². The van der Waals surface area contributed by atoms with E-state index in [2.05, 4.69) is 20.9 Å². The number of hydrogen-bond donors (Lipinski definition) is 3. The summed E-state index contributed by atoms with van der Waals surface area (Å²) in [6.07, 6.45) is 1.60. The second kappa shape index (κ2) is 15.2. The standard InChI is InChI=1S/C36H32N4O4S2/c1-23-12-16-26(17-13-23)33-24(2)46-36(40-33)39-32(41)22-45-30-11-7-10-28(21-30)37-35(43)31(20-25-14-18-29(44-3)19-15-25)38-34(42)27-8-5-4-6-9-27/h4-21H,22H2,1-3H3,(H,37,43)(H,38,42)(H,39,40,41)/b31-20+. The van der Waals surface area contributed by atoms with Crippen LogP contribution in [0.1, 0.15) is 26.4 Å². The predicted molar refractivity (Wildman–Crippen MR) is 186 cm³/mol. The second-order valence-electron chi connectivity index (χ2n) is 10.3.